The van der Waals surface area contributed by atoms with Gasteiger partial charge >= 0.3 is 11.7 Å². The molecular weight excluding hydrogens is 436 g/mol. The van der Waals surface area contributed by atoms with Crippen LogP contribution >= 0.6 is 0 Å². The molecule has 0 aromatic carbocycles. The topological polar surface area (TPSA) is 111 Å². The number of aromatic nitrogens is 2. The van der Waals surface area contributed by atoms with Crippen LogP contribution in [-0.4, -0.2) is 39.4 Å². The zero-order chi connectivity index (χ0) is 24.8. The lowest BCUT2D eigenvalue weighted by atomic mass is 10.0. The van der Waals surface area contributed by atoms with E-state index < -0.39 is 29.7 Å². The van der Waals surface area contributed by atoms with E-state index in [0.29, 0.717) is 12.0 Å². The van der Waals surface area contributed by atoms with Crippen molar-refractivity contribution < 1.29 is 19.4 Å². The molecule has 0 radical (unpaired) electrons. The lowest BCUT2D eigenvalue weighted by molar-refractivity contribution is -0.153. The fourth-order valence-electron chi connectivity index (χ4n) is 4.47. The maximum Gasteiger partial charge on any atom is 0.330 e. The first-order valence-corrected chi connectivity index (χ1v) is 13.2. The van der Waals surface area contributed by atoms with Crippen LogP contribution < -0.4 is 11.2 Å². The smallest absolute Gasteiger partial charge is 0.330 e. The van der Waals surface area contributed by atoms with E-state index in [-0.39, 0.29) is 19.0 Å². The summed E-state index contributed by atoms with van der Waals surface area (Å²) in [5.74, 6) is -0.305. The van der Waals surface area contributed by atoms with Crippen LogP contribution in [0.2, 0.25) is 0 Å². The van der Waals surface area contributed by atoms with Gasteiger partial charge in [0.1, 0.15) is 18.4 Å². The third-order valence-corrected chi connectivity index (χ3v) is 6.58. The third-order valence-electron chi connectivity index (χ3n) is 6.58. The van der Waals surface area contributed by atoms with Crippen molar-refractivity contribution in [3.8, 4) is 0 Å². The highest BCUT2D eigenvalue weighted by molar-refractivity contribution is 5.69. The van der Waals surface area contributed by atoms with E-state index >= 15 is 0 Å². The summed E-state index contributed by atoms with van der Waals surface area (Å²) in [4.78, 5) is 38.2. The molecule has 2 heterocycles. The highest BCUT2D eigenvalue weighted by atomic mass is 16.6. The number of hydrogen-bond acceptors (Lipinski definition) is 6. The predicted molar refractivity (Wildman–Crippen MR) is 132 cm³/mol. The maximum absolute atomic E-state index is 12.3. The largest absolute Gasteiger partial charge is 0.459 e. The van der Waals surface area contributed by atoms with Gasteiger partial charge in [0.2, 0.25) is 0 Å². The van der Waals surface area contributed by atoms with Crippen molar-refractivity contribution in [2.75, 3.05) is 6.61 Å². The average Bonchev–Trinajstić information content (AvgIpc) is 3.21. The molecule has 34 heavy (non-hydrogen) atoms. The molecule has 2 rings (SSSR count). The van der Waals surface area contributed by atoms with Gasteiger partial charge in [-0.1, -0.05) is 84.0 Å². The third kappa shape index (κ3) is 9.74. The minimum Gasteiger partial charge on any atom is -0.459 e. The number of H-pyrrole nitrogens is 1. The standard InChI is InChI=1S/C26H44N2O6/c1-3-4-5-6-7-8-9-10-11-12-13-14-15-16-24(30)34-21-17-23(33-22(21)19-29)28-18-20(2)25(31)27-26(28)32/h18,21-23,29H,3-17,19H2,1-2H3,(H,27,31,32)/t21-,22-,23+/m1/s1. The number of esters is 1. The van der Waals surface area contributed by atoms with Gasteiger partial charge in [-0.05, 0) is 13.3 Å². The van der Waals surface area contributed by atoms with Crippen LogP contribution in [0.1, 0.15) is 115 Å². The first-order valence-electron chi connectivity index (χ1n) is 13.2. The fraction of sp³-hybridized carbons (Fsp3) is 0.808. The van der Waals surface area contributed by atoms with Crippen molar-refractivity contribution >= 4 is 5.97 Å². The van der Waals surface area contributed by atoms with E-state index in [1.807, 2.05) is 0 Å². The van der Waals surface area contributed by atoms with Crippen molar-refractivity contribution in [1.82, 2.24) is 9.55 Å². The Labute approximate surface area is 203 Å². The van der Waals surface area contributed by atoms with Crippen molar-refractivity contribution in [3.63, 3.8) is 0 Å². The fourth-order valence-corrected chi connectivity index (χ4v) is 4.47. The monoisotopic (exact) mass is 480 g/mol. The first-order chi connectivity index (χ1) is 16.5. The Kier molecular flexibility index (Phi) is 13.2. The number of aromatic amines is 1. The number of nitrogens with one attached hydrogen (secondary N) is 1. The van der Waals surface area contributed by atoms with Crippen molar-refractivity contribution in [2.45, 2.75) is 129 Å². The summed E-state index contributed by atoms with van der Waals surface area (Å²) in [6.45, 7) is 3.53. The molecule has 8 heteroatoms. The molecule has 1 aromatic rings. The lowest BCUT2D eigenvalue weighted by Gasteiger charge is -2.16. The molecule has 2 N–H and O–H groups in total. The molecule has 0 saturated carbocycles. The highest BCUT2D eigenvalue weighted by Crippen LogP contribution is 2.30. The van der Waals surface area contributed by atoms with Gasteiger partial charge in [0, 0.05) is 24.6 Å². The SMILES string of the molecule is CCCCCCCCCCCCCCCC(=O)O[C@@H]1C[C@@H](n2cc(C)c(=O)[nH]c2=O)O[C@@H]1CO. The summed E-state index contributed by atoms with van der Waals surface area (Å²) >= 11 is 0. The number of unbranched alkanes of at least 4 members (excludes halogenated alkanes) is 12. The van der Waals surface area contributed by atoms with E-state index in [1.165, 1.54) is 75.0 Å². The number of aryl methyl sites for hydroxylation is 1. The van der Waals surface area contributed by atoms with Gasteiger partial charge in [0.15, 0.2) is 0 Å². The molecule has 1 aliphatic heterocycles. The molecule has 0 aliphatic carbocycles. The molecule has 194 valence electrons. The Bertz CT molecular complexity index is 833. The summed E-state index contributed by atoms with van der Waals surface area (Å²) in [6.07, 6.45) is 16.2. The second kappa shape index (κ2) is 15.9. The van der Waals surface area contributed by atoms with E-state index in [2.05, 4.69) is 11.9 Å². The van der Waals surface area contributed by atoms with Crippen LogP contribution in [0.25, 0.3) is 0 Å². The quantitative estimate of drug-likeness (QED) is 0.251. The Hall–Kier alpha value is -1.93. The van der Waals surface area contributed by atoms with E-state index in [9.17, 15) is 19.5 Å². The van der Waals surface area contributed by atoms with Gasteiger partial charge in [-0.3, -0.25) is 19.1 Å². The van der Waals surface area contributed by atoms with Gasteiger partial charge < -0.3 is 14.6 Å². The lowest BCUT2D eigenvalue weighted by Crippen LogP contribution is -2.33. The predicted octanol–water partition coefficient (Wildman–Crippen LogP) is 4.52. The van der Waals surface area contributed by atoms with Crippen molar-refractivity contribution in [1.29, 1.82) is 0 Å². The zero-order valence-electron chi connectivity index (χ0n) is 21.1. The summed E-state index contributed by atoms with van der Waals surface area (Å²) in [6, 6.07) is 0. The summed E-state index contributed by atoms with van der Waals surface area (Å²) in [5, 5.41) is 9.62. The molecule has 1 saturated heterocycles. The summed E-state index contributed by atoms with van der Waals surface area (Å²) < 4.78 is 12.6. The average molecular weight is 481 g/mol. The number of aliphatic hydroxyl groups is 1. The van der Waals surface area contributed by atoms with Crippen LogP contribution in [0, 0.1) is 6.92 Å². The van der Waals surface area contributed by atoms with Crippen LogP contribution in [0.3, 0.4) is 0 Å². The minimum absolute atomic E-state index is 0.251. The number of carbonyl (C=O) groups excluding carboxylic acids is 1. The number of carbonyl (C=O) groups is 1. The molecule has 0 spiro atoms. The number of aliphatic hydroxyl groups excluding tert-OH is 1. The molecule has 8 nitrogen and oxygen atoms in total. The number of hydrogen-bond donors (Lipinski definition) is 2. The summed E-state index contributed by atoms with van der Waals surface area (Å²) in [7, 11) is 0. The molecule has 1 aliphatic rings. The van der Waals surface area contributed by atoms with E-state index in [0.717, 1.165) is 19.3 Å². The van der Waals surface area contributed by atoms with Crippen molar-refractivity contribution in [2.24, 2.45) is 0 Å². The summed E-state index contributed by atoms with van der Waals surface area (Å²) in [5.41, 5.74) is -0.651. The molecule has 1 aromatic heterocycles. The molecule has 0 bridgehead atoms. The highest BCUT2D eigenvalue weighted by Gasteiger charge is 2.38. The van der Waals surface area contributed by atoms with Crippen LogP contribution in [0.5, 0.6) is 0 Å². The van der Waals surface area contributed by atoms with Gasteiger partial charge in [-0.15, -0.1) is 0 Å². The van der Waals surface area contributed by atoms with Gasteiger partial charge in [0.05, 0.1) is 6.61 Å². The normalized spacial score (nSPS) is 20.0. The minimum atomic E-state index is -0.700. The zero-order valence-corrected chi connectivity index (χ0v) is 21.1. The Morgan fingerprint density at radius 1 is 1.03 bits per heavy atom. The van der Waals surface area contributed by atoms with Crippen LogP contribution in [0.15, 0.2) is 15.8 Å². The van der Waals surface area contributed by atoms with Gasteiger partial charge in [0.25, 0.3) is 5.56 Å². The first kappa shape index (κ1) is 28.3. The molecular formula is C26H44N2O6. The molecule has 0 amide bonds. The number of ether oxygens (including phenoxy) is 2. The number of rotatable bonds is 17. The van der Waals surface area contributed by atoms with Crippen LogP contribution in [0.4, 0.5) is 0 Å². The Morgan fingerprint density at radius 3 is 2.15 bits per heavy atom. The second-order valence-electron chi connectivity index (χ2n) is 9.55. The Morgan fingerprint density at radius 2 is 1.59 bits per heavy atom. The van der Waals surface area contributed by atoms with Crippen LogP contribution in [-0.2, 0) is 14.3 Å². The van der Waals surface area contributed by atoms with Gasteiger partial charge in [-0.25, -0.2) is 4.79 Å². The second-order valence-corrected chi connectivity index (χ2v) is 9.55. The molecule has 3 atom stereocenters. The van der Waals surface area contributed by atoms with Gasteiger partial charge in [-0.2, -0.15) is 0 Å². The maximum atomic E-state index is 12.3. The number of nitrogens with zero attached hydrogens (tertiary/aromatic N) is 1. The van der Waals surface area contributed by atoms with E-state index in [1.54, 1.807) is 6.92 Å². The molecule has 0 unspecified atom stereocenters. The van der Waals surface area contributed by atoms with E-state index in [4.69, 9.17) is 9.47 Å². The van der Waals surface area contributed by atoms with Crippen molar-refractivity contribution in [3.05, 3.63) is 32.6 Å². The molecule has 1 fully saturated rings. The Balaban J connectivity index is 1.59.